The van der Waals surface area contributed by atoms with E-state index in [0.717, 1.165) is 0 Å². The van der Waals surface area contributed by atoms with E-state index in [4.69, 9.17) is 14.2 Å². The molecule has 3 rings (SSSR count). The average Bonchev–Trinajstić information content (AvgIpc) is 3.00. The highest BCUT2D eigenvalue weighted by Gasteiger charge is 2.13. The van der Waals surface area contributed by atoms with Crippen molar-refractivity contribution in [3.05, 3.63) is 48.3 Å². The topological polar surface area (TPSA) is 69.7 Å². The van der Waals surface area contributed by atoms with Gasteiger partial charge in [0, 0.05) is 12.3 Å². The summed E-state index contributed by atoms with van der Waals surface area (Å²) in [5, 5.41) is 2.74. The Morgan fingerprint density at radius 2 is 2.14 bits per heavy atom. The molecule has 0 saturated carbocycles. The smallest absolute Gasteiger partial charge is 0.269 e. The number of rotatable bonds is 5. The van der Waals surface area contributed by atoms with E-state index in [1.807, 2.05) is 0 Å². The number of nitrogens with zero attached hydrogens (tertiary/aromatic N) is 1. The number of aromatic nitrogens is 1. The first-order valence-electron chi connectivity index (χ1n) is 6.54. The molecule has 1 aliphatic heterocycles. The molecule has 0 radical (unpaired) electrons. The fourth-order valence-corrected chi connectivity index (χ4v) is 1.89. The number of hydrogen-bond donors (Lipinski definition) is 1. The van der Waals surface area contributed by atoms with Gasteiger partial charge in [-0.05, 0) is 24.3 Å². The summed E-state index contributed by atoms with van der Waals surface area (Å²) in [6.45, 7) is 0.987. The van der Waals surface area contributed by atoms with Crippen LogP contribution < -0.4 is 19.5 Å². The van der Waals surface area contributed by atoms with Crippen molar-refractivity contribution in [2.45, 2.75) is 0 Å². The predicted octanol–water partition coefficient (Wildman–Crippen LogP) is 1.62. The molecule has 0 atom stereocenters. The molecule has 0 aliphatic carbocycles. The Hall–Kier alpha value is -2.76. The van der Waals surface area contributed by atoms with Crippen molar-refractivity contribution in [2.75, 3.05) is 19.9 Å². The lowest BCUT2D eigenvalue weighted by molar-refractivity contribution is 0.0942. The van der Waals surface area contributed by atoms with Crippen LogP contribution in [0.3, 0.4) is 0 Å². The zero-order chi connectivity index (χ0) is 14.5. The van der Waals surface area contributed by atoms with Gasteiger partial charge in [-0.1, -0.05) is 6.07 Å². The average molecular weight is 286 g/mol. The van der Waals surface area contributed by atoms with E-state index >= 15 is 0 Å². The third-order valence-corrected chi connectivity index (χ3v) is 2.90. The summed E-state index contributed by atoms with van der Waals surface area (Å²) in [5.41, 5.74) is 0.389. The molecule has 1 aromatic heterocycles. The van der Waals surface area contributed by atoms with E-state index in [9.17, 15) is 4.79 Å². The molecule has 1 aromatic carbocycles. The number of nitrogens with one attached hydrogen (secondary N) is 1. The summed E-state index contributed by atoms with van der Waals surface area (Å²) in [5.74, 6) is 1.84. The summed E-state index contributed by atoms with van der Waals surface area (Å²) in [7, 11) is 0. The lowest BCUT2D eigenvalue weighted by Crippen LogP contribution is -2.28. The highest BCUT2D eigenvalue weighted by atomic mass is 16.7. The van der Waals surface area contributed by atoms with Gasteiger partial charge in [-0.15, -0.1) is 0 Å². The SMILES string of the molecule is O=C(NCCOc1ccc2c(c1)OCO2)c1ccccn1. The van der Waals surface area contributed by atoms with Crippen molar-refractivity contribution in [2.24, 2.45) is 0 Å². The normalized spacial score (nSPS) is 12.0. The van der Waals surface area contributed by atoms with Crippen LogP contribution in [-0.2, 0) is 0 Å². The summed E-state index contributed by atoms with van der Waals surface area (Å²) >= 11 is 0. The monoisotopic (exact) mass is 286 g/mol. The van der Waals surface area contributed by atoms with Gasteiger partial charge in [0.15, 0.2) is 11.5 Å². The maximum absolute atomic E-state index is 11.7. The Kier molecular flexibility index (Phi) is 3.86. The second kappa shape index (κ2) is 6.13. The Morgan fingerprint density at radius 3 is 3.00 bits per heavy atom. The molecule has 6 heteroatoms. The first-order chi connectivity index (χ1) is 10.3. The molecule has 2 heterocycles. The van der Waals surface area contributed by atoms with E-state index in [2.05, 4.69) is 10.3 Å². The van der Waals surface area contributed by atoms with E-state index < -0.39 is 0 Å². The molecule has 1 N–H and O–H groups in total. The minimum Gasteiger partial charge on any atom is -0.492 e. The summed E-state index contributed by atoms with van der Waals surface area (Å²) in [6.07, 6.45) is 1.58. The number of benzene rings is 1. The highest BCUT2D eigenvalue weighted by Crippen LogP contribution is 2.34. The molecular weight excluding hydrogens is 272 g/mol. The highest BCUT2D eigenvalue weighted by molar-refractivity contribution is 5.92. The number of amides is 1. The summed E-state index contributed by atoms with van der Waals surface area (Å²) in [6, 6.07) is 10.6. The van der Waals surface area contributed by atoms with E-state index in [-0.39, 0.29) is 12.7 Å². The van der Waals surface area contributed by atoms with Crippen LogP contribution in [0.2, 0.25) is 0 Å². The lowest BCUT2D eigenvalue weighted by Gasteiger charge is -2.08. The molecular formula is C15H14N2O4. The van der Waals surface area contributed by atoms with Gasteiger partial charge < -0.3 is 19.5 Å². The molecule has 21 heavy (non-hydrogen) atoms. The number of carbonyl (C=O) groups excluding carboxylic acids is 1. The van der Waals surface area contributed by atoms with Crippen LogP contribution in [0.25, 0.3) is 0 Å². The van der Waals surface area contributed by atoms with E-state index in [1.165, 1.54) is 0 Å². The zero-order valence-electron chi connectivity index (χ0n) is 11.2. The van der Waals surface area contributed by atoms with Crippen LogP contribution in [0, 0.1) is 0 Å². The second-order valence-electron chi connectivity index (χ2n) is 4.33. The van der Waals surface area contributed by atoms with Crippen molar-refractivity contribution in [3.63, 3.8) is 0 Å². The molecule has 1 aliphatic rings. The first kappa shape index (κ1) is 13.2. The maximum Gasteiger partial charge on any atom is 0.269 e. The van der Waals surface area contributed by atoms with Crippen molar-refractivity contribution in [1.82, 2.24) is 10.3 Å². The van der Waals surface area contributed by atoms with Gasteiger partial charge in [-0.25, -0.2) is 0 Å². The molecule has 0 fully saturated rings. The Morgan fingerprint density at radius 1 is 1.24 bits per heavy atom. The van der Waals surface area contributed by atoms with Crippen molar-refractivity contribution >= 4 is 5.91 Å². The molecule has 0 saturated heterocycles. The minimum atomic E-state index is -0.218. The van der Waals surface area contributed by atoms with Gasteiger partial charge in [-0.3, -0.25) is 9.78 Å². The van der Waals surface area contributed by atoms with Gasteiger partial charge in [0.2, 0.25) is 6.79 Å². The minimum absolute atomic E-state index is 0.218. The molecule has 0 bridgehead atoms. The molecule has 108 valence electrons. The van der Waals surface area contributed by atoms with Crippen LogP contribution in [0.1, 0.15) is 10.5 Å². The summed E-state index contributed by atoms with van der Waals surface area (Å²) in [4.78, 5) is 15.7. The predicted molar refractivity (Wildman–Crippen MR) is 74.6 cm³/mol. The number of hydrogen-bond acceptors (Lipinski definition) is 5. The van der Waals surface area contributed by atoms with E-state index in [1.54, 1.807) is 42.6 Å². The van der Waals surface area contributed by atoms with Gasteiger partial charge in [0.25, 0.3) is 5.91 Å². The van der Waals surface area contributed by atoms with Crippen molar-refractivity contribution in [3.8, 4) is 17.2 Å². The summed E-state index contributed by atoms with van der Waals surface area (Å²) < 4.78 is 16.0. The van der Waals surface area contributed by atoms with Crippen LogP contribution in [0.15, 0.2) is 42.6 Å². The lowest BCUT2D eigenvalue weighted by atomic mass is 10.3. The number of fused-ring (bicyclic) bond motifs is 1. The quantitative estimate of drug-likeness (QED) is 0.846. The van der Waals surface area contributed by atoms with Gasteiger partial charge in [-0.2, -0.15) is 0 Å². The fraction of sp³-hybridized carbons (Fsp3) is 0.200. The molecule has 0 unspecified atom stereocenters. The Labute approximate surface area is 121 Å². The number of carbonyl (C=O) groups is 1. The number of ether oxygens (including phenoxy) is 3. The largest absolute Gasteiger partial charge is 0.492 e. The van der Waals surface area contributed by atoms with Crippen LogP contribution in [-0.4, -0.2) is 30.8 Å². The first-order valence-corrected chi connectivity index (χ1v) is 6.54. The Bertz CT molecular complexity index is 631. The van der Waals surface area contributed by atoms with Crippen molar-refractivity contribution < 1.29 is 19.0 Å². The molecule has 0 spiro atoms. The van der Waals surface area contributed by atoms with E-state index in [0.29, 0.717) is 36.1 Å². The maximum atomic E-state index is 11.7. The number of pyridine rings is 1. The van der Waals surface area contributed by atoms with Crippen LogP contribution in [0.5, 0.6) is 17.2 Å². The third-order valence-electron chi connectivity index (χ3n) is 2.90. The van der Waals surface area contributed by atoms with Gasteiger partial charge in [0.05, 0.1) is 6.54 Å². The zero-order valence-corrected chi connectivity index (χ0v) is 11.2. The van der Waals surface area contributed by atoms with Crippen LogP contribution >= 0.6 is 0 Å². The van der Waals surface area contributed by atoms with Gasteiger partial charge >= 0.3 is 0 Å². The fourth-order valence-electron chi connectivity index (χ4n) is 1.89. The molecule has 2 aromatic rings. The molecule has 6 nitrogen and oxygen atoms in total. The van der Waals surface area contributed by atoms with Crippen LogP contribution in [0.4, 0.5) is 0 Å². The Balaban J connectivity index is 1.45. The standard InChI is InChI=1S/C15H14N2O4/c18-15(12-3-1-2-6-16-12)17-7-8-19-11-4-5-13-14(9-11)21-10-20-13/h1-6,9H,7-8,10H2,(H,17,18). The van der Waals surface area contributed by atoms with Gasteiger partial charge in [0.1, 0.15) is 18.1 Å². The van der Waals surface area contributed by atoms with Crippen molar-refractivity contribution in [1.29, 1.82) is 0 Å². The molecule has 1 amide bonds. The second-order valence-corrected chi connectivity index (χ2v) is 4.33. The third kappa shape index (κ3) is 3.22.